The number of rotatable bonds is 7. The van der Waals surface area contributed by atoms with Crippen molar-refractivity contribution in [3.63, 3.8) is 0 Å². The monoisotopic (exact) mass is 559 g/mol. The van der Waals surface area contributed by atoms with Gasteiger partial charge < -0.3 is 19.0 Å². The zero-order chi connectivity index (χ0) is 28.8. The van der Waals surface area contributed by atoms with E-state index in [-0.39, 0.29) is 16.7 Å². The molecule has 1 aromatic heterocycles. The highest BCUT2D eigenvalue weighted by Gasteiger charge is 2.45. The molecule has 1 aliphatic heterocycles. The van der Waals surface area contributed by atoms with E-state index in [1.807, 2.05) is 31.2 Å². The van der Waals surface area contributed by atoms with Gasteiger partial charge in [0.1, 0.15) is 5.75 Å². The van der Waals surface area contributed by atoms with Gasteiger partial charge in [-0.05, 0) is 47.7 Å². The highest BCUT2D eigenvalue weighted by atomic mass is 35.5. The van der Waals surface area contributed by atoms with Crippen LogP contribution in [0.1, 0.15) is 55.4 Å². The number of hydrogen-bond donors (Lipinski definition) is 1. The van der Waals surface area contributed by atoms with Gasteiger partial charge in [0, 0.05) is 28.2 Å². The van der Waals surface area contributed by atoms with Crippen molar-refractivity contribution in [1.82, 2.24) is 0 Å². The first-order valence-corrected chi connectivity index (χ1v) is 13.3. The number of ketones is 1. The second kappa shape index (κ2) is 10.4. The Balaban J connectivity index is 1.66. The maximum absolute atomic E-state index is 14.0. The number of furan rings is 1. The molecule has 1 unspecified atom stereocenters. The summed E-state index contributed by atoms with van der Waals surface area (Å²) in [7, 11) is 1.48. The van der Waals surface area contributed by atoms with Crippen molar-refractivity contribution >= 4 is 39.9 Å². The number of fused-ring (bicyclic) bond motifs is 1. The molecule has 0 radical (unpaired) electrons. The summed E-state index contributed by atoms with van der Waals surface area (Å²) >= 11 is 6.21. The van der Waals surface area contributed by atoms with Gasteiger partial charge in [0.05, 0.1) is 25.3 Å². The number of ether oxygens (including phenoxy) is 2. The molecule has 0 bridgehead atoms. The van der Waals surface area contributed by atoms with Gasteiger partial charge in [0.15, 0.2) is 22.9 Å². The molecule has 206 valence electrons. The predicted octanol–water partition coefficient (Wildman–Crippen LogP) is 7.57. The molecular weight excluding hydrogens is 530 g/mol. The second-order valence-electron chi connectivity index (χ2n) is 10.6. The zero-order valence-corrected chi connectivity index (χ0v) is 23.7. The van der Waals surface area contributed by atoms with Gasteiger partial charge in [0.25, 0.3) is 5.91 Å². The largest absolute Gasteiger partial charge is 0.503 e. The number of anilines is 1. The molecule has 1 N–H and O–H groups in total. The summed E-state index contributed by atoms with van der Waals surface area (Å²) in [5.41, 5.74) is 2.39. The highest BCUT2D eigenvalue weighted by molar-refractivity contribution is 6.31. The minimum absolute atomic E-state index is 0.0499. The van der Waals surface area contributed by atoms with Crippen LogP contribution in [0.25, 0.3) is 11.0 Å². The molecule has 3 aromatic carbocycles. The minimum Gasteiger partial charge on any atom is -0.503 e. The topological polar surface area (TPSA) is 89.2 Å². The number of nitrogens with zero attached hydrogens (tertiary/aromatic N) is 1. The van der Waals surface area contributed by atoms with Gasteiger partial charge in [0.2, 0.25) is 5.78 Å². The third-order valence-electron chi connectivity index (χ3n) is 6.94. The Bertz CT molecular complexity index is 1640. The summed E-state index contributed by atoms with van der Waals surface area (Å²) < 4.78 is 16.9. The summed E-state index contributed by atoms with van der Waals surface area (Å²) in [4.78, 5) is 29.0. The lowest BCUT2D eigenvalue weighted by atomic mass is 9.85. The first-order chi connectivity index (χ1) is 19.0. The van der Waals surface area contributed by atoms with Gasteiger partial charge in [-0.3, -0.25) is 14.5 Å². The Hall–Kier alpha value is -4.23. The standard InChI is InChI=1S/C32H30ClNO6/c1-6-39-23-9-7-8-22(17-23)34-27(18-10-12-20(13-11-18)32(2,3)4)26(29(36)31(34)37)28(35)24-15-19-14-21(33)16-25(38-5)30(19)40-24/h7-17,27,36H,6H2,1-5H3. The van der Waals surface area contributed by atoms with Gasteiger partial charge >= 0.3 is 0 Å². The normalized spacial score (nSPS) is 15.7. The van der Waals surface area contributed by atoms with Gasteiger partial charge in [-0.2, -0.15) is 0 Å². The fourth-order valence-corrected chi connectivity index (χ4v) is 5.17. The van der Waals surface area contributed by atoms with Gasteiger partial charge in [-0.15, -0.1) is 0 Å². The number of aliphatic hydroxyl groups excluding tert-OH is 1. The Kier molecular flexibility index (Phi) is 7.10. The second-order valence-corrected chi connectivity index (χ2v) is 11.0. The third kappa shape index (κ3) is 4.82. The number of amides is 1. The maximum atomic E-state index is 14.0. The molecule has 2 heterocycles. The Labute approximate surface area is 237 Å². The highest BCUT2D eigenvalue weighted by Crippen LogP contribution is 2.44. The molecule has 1 atom stereocenters. The number of halogens is 1. The van der Waals surface area contributed by atoms with E-state index in [0.717, 1.165) is 5.56 Å². The number of benzene rings is 3. The quantitative estimate of drug-likeness (QED) is 0.235. The van der Waals surface area contributed by atoms with E-state index in [1.165, 1.54) is 18.1 Å². The van der Waals surface area contributed by atoms with Crippen LogP contribution in [0.4, 0.5) is 5.69 Å². The maximum Gasteiger partial charge on any atom is 0.294 e. The number of carbonyl (C=O) groups excluding carboxylic acids is 2. The van der Waals surface area contributed by atoms with Crippen molar-refractivity contribution in [2.24, 2.45) is 0 Å². The molecule has 0 fully saturated rings. The fraction of sp³-hybridized carbons (Fsp3) is 0.250. The average Bonchev–Trinajstić information content (AvgIpc) is 3.46. The molecule has 40 heavy (non-hydrogen) atoms. The number of Topliss-reactive ketones (excluding diaryl/α,β-unsaturated/α-hetero) is 1. The fourth-order valence-electron chi connectivity index (χ4n) is 4.96. The van der Waals surface area contributed by atoms with Gasteiger partial charge in [-0.25, -0.2) is 0 Å². The first-order valence-electron chi connectivity index (χ1n) is 12.9. The smallest absolute Gasteiger partial charge is 0.294 e. The van der Waals surface area contributed by atoms with Crippen molar-refractivity contribution < 1.29 is 28.6 Å². The molecule has 0 spiro atoms. The van der Waals surface area contributed by atoms with Crippen molar-refractivity contribution in [3.05, 3.63) is 100.0 Å². The van der Waals surface area contributed by atoms with E-state index in [1.54, 1.807) is 36.4 Å². The van der Waals surface area contributed by atoms with Crippen molar-refractivity contribution in [3.8, 4) is 11.5 Å². The van der Waals surface area contributed by atoms with Crippen molar-refractivity contribution in [1.29, 1.82) is 0 Å². The van der Waals surface area contributed by atoms with Crippen LogP contribution < -0.4 is 14.4 Å². The van der Waals surface area contributed by atoms with Crippen LogP contribution in [0.15, 0.2) is 82.5 Å². The van der Waals surface area contributed by atoms with Crippen molar-refractivity contribution in [2.45, 2.75) is 39.2 Å². The number of hydrogen-bond acceptors (Lipinski definition) is 6. The third-order valence-corrected chi connectivity index (χ3v) is 7.16. The zero-order valence-electron chi connectivity index (χ0n) is 22.9. The molecule has 5 rings (SSSR count). The predicted molar refractivity (Wildman–Crippen MR) is 155 cm³/mol. The lowest BCUT2D eigenvalue weighted by Crippen LogP contribution is -2.31. The molecule has 7 nitrogen and oxygen atoms in total. The molecule has 0 saturated heterocycles. The van der Waals surface area contributed by atoms with E-state index < -0.39 is 23.5 Å². The summed E-state index contributed by atoms with van der Waals surface area (Å²) in [6.45, 7) is 8.63. The van der Waals surface area contributed by atoms with E-state index in [2.05, 4.69) is 20.8 Å². The van der Waals surface area contributed by atoms with E-state index in [0.29, 0.717) is 45.3 Å². The number of aliphatic hydroxyl groups is 1. The summed E-state index contributed by atoms with van der Waals surface area (Å²) in [6.07, 6.45) is 0. The molecule has 0 aliphatic carbocycles. The van der Waals surface area contributed by atoms with Crippen LogP contribution in [0.3, 0.4) is 0 Å². The Morgan fingerprint density at radius 2 is 1.80 bits per heavy atom. The van der Waals surface area contributed by atoms with E-state index in [4.69, 9.17) is 25.5 Å². The SMILES string of the molecule is CCOc1cccc(N2C(=O)C(O)=C(C(=O)c3cc4cc(Cl)cc(OC)c4o3)C2c2ccc(C(C)(C)C)cc2)c1. The lowest BCUT2D eigenvalue weighted by Gasteiger charge is -2.28. The van der Waals surface area contributed by atoms with Crippen LogP contribution >= 0.6 is 11.6 Å². The molecule has 4 aromatic rings. The van der Waals surface area contributed by atoms with Crippen LogP contribution in [-0.2, 0) is 10.2 Å². The first kappa shape index (κ1) is 27.3. The number of carbonyl (C=O) groups is 2. The summed E-state index contributed by atoms with van der Waals surface area (Å²) in [6, 6.07) is 18.6. The van der Waals surface area contributed by atoms with Crippen LogP contribution in [0.2, 0.25) is 5.02 Å². The lowest BCUT2D eigenvalue weighted by molar-refractivity contribution is -0.117. The van der Waals surface area contributed by atoms with Crippen molar-refractivity contribution in [2.75, 3.05) is 18.6 Å². The molecule has 0 saturated carbocycles. The van der Waals surface area contributed by atoms with E-state index >= 15 is 0 Å². The summed E-state index contributed by atoms with van der Waals surface area (Å²) in [5.74, 6) is -1.07. The Morgan fingerprint density at radius 1 is 1.07 bits per heavy atom. The van der Waals surface area contributed by atoms with Crippen LogP contribution in [-0.4, -0.2) is 30.5 Å². The van der Waals surface area contributed by atoms with Crippen LogP contribution in [0.5, 0.6) is 11.5 Å². The summed E-state index contributed by atoms with van der Waals surface area (Å²) in [5, 5.41) is 12.2. The molecule has 8 heteroatoms. The van der Waals surface area contributed by atoms with Crippen LogP contribution in [0, 0.1) is 0 Å². The average molecular weight is 560 g/mol. The molecule has 1 amide bonds. The van der Waals surface area contributed by atoms with Gasteiger partial charge in [-0.1, -0.05) is 62.7 Å². The molecule has 1 aliphatic rings. The van der Waals surface area contributed by atoms with E-state index in [9.17, 15) is 14.7 Å². The molecular formula is C32H30ClNO6. The number of methoxy groups -OCH3 is 1. The minimum atomic E-state index is -0.912. The Morgan fingerprint density at radius 3 is 2.45 bits per heavy atom.